The van der Waals surface area contributed by atoms with Crippen molar-refractivity contribution in [2.75, 3.05) is 5.32 Å². The summed E-state index contributed by atoms with van der Waals surface area (Å²) in [5.74, 6) is -0.624. The fraction of sp³-hybridized carbons (Fsp3) is 0.292. The van der Waals surface area contributed by atoms with E-state index in [1.165, 1.54) is 0 Å². The number of aromatic nitrogens is 2. The molecule has 160 valence electrons. The molecule has 7 heteroatoms. The molecule has 31 heavy (non-hydrogen) atoms. The van der Waals surface area contributed by atoms with Gasteiger partial charge in [0.2, 0.25) is 5.91 Å². The van der Waals surface area contributed by atoms with Crippen molar-refractivity contribution in [3.8, 4) is 11.1 Å². The number of hydroxylamine groups is 1. The molecule has 1 aromatic heterocycles. The molecule has 4 N–H and O–H groups in total. The number of nitrogens with one attached hydrogen (secondary N) is 3. The van der Waals surface area contributed by atoms with Gasteiger partial charge in [-0.25, -0.2) is 5.48 Å². The molecule has 0 radical (unpaired) electrons. The maximum absolute atomic E-state index is 13.4. The molecule has 1 fully saturated rings. The van der Waals surface area contributed by atoms with Crippen molar-refractivity contribution in [3.63, 3.8) is 0 Å². The lowest BCUT2D eigenvalue weighted by Crippen LogP contribution is -2.38. The van der Waals surface area contributed by atoms with Crippen LogP contribution in [0.3, 0.4) is 0 Å². The normalized spacial score (nSPS) is 14.9. The van der Waals surface area contributed by atoms with E-state index in [0.29, 0.717) is 11.3 Å². The van der Waals surface area contributed by atoms with Gasteiger partial charge in [-0.1, -0.05) is 37.1 Å². The van der Waals surface area contributed by atoms with E-state index < -0.39 is 11.3 Å². The van der Waals surface area contributed by atoms with Gasteiger partial charge in [0.25, 0.3) is 5.91 Å². The molecule has 4 rings (SSSR count). The van der Waals surface area contributed by atoms with Crippen LogP contribution in [0.25, 0.3) is 11.1 Å². The number of amides is 2. The number of H-pyrrole nitrogens is 1. The van der Waals surface area contributed by atoms with Gasteiger partial charge >= 0.3 is 0 Å². The number of benzene rings is 2. The maximum Gasteiger partial charge on any atom is 0.274 e. The van der Waals surface area contributed by atoms with E-state index in [1.807, 2.05) is 13.8 Å². The largest absolute Gasteiger partial charge is 0.325 e. The predicted octanol–water partition coefficient (Wildman–Crippen LogP) is 4.26. The fourth-order valence-electron chi connectivity index (χ4n) is 4.58. The molecule has 0 unspecified atom stereocenters. The van der Waals surface area contributed by atoms with Gasteiger partial charge in [-0.3, -0.25) is 19.9 Å². The average molecular weight is 418 g/mol. The lowest BCUT2D eigenvalue weighted by atomic mass is 9.77. The van der Waals surface area contributed by atoms with Gasteiger partial charge in [0.15, 0.2) is 0 Å². The minimum Gasteiger partial charge on any atom is -0.325 e. The number of carbonyl (C=O) groups excluding carboxylic acids is 2. The van der Waals surface area contributed by atoms with Crippen LogP contribution in [0, 0.1) is 13.8 Å². The molecule has 1 heterocycles. The number of hydrogen-bond donors (Lipinski definition) is 4. The molecular formula is C24H26N4O3. The van der Waals surface area contributed by atoms with E-state index in [1.54, 1.807) is 29.7 Å². The van der Waals surface area contributed by atoms with Crippen LogP contribution in [-0.4, -0.2) is 27.2 Å². The van der Waals surface area contributed by atoms with Crippen LogP contribution in [0.1, 0.15) is 53.0 Å². The second-order valence-electron chi connectivity index (χ2n) is 8.15. The number of nitrogens with zero attached hydrogens (tertiary/aromatic N) is 1. The molecule has 0 bridgehead atoms. The fourth-order valence-corrected chi connectivity index (χ4v) is 4.58. The first-order chi connectivity index (χ1) is 14.9. The average Bonchev–Trinajstić information content (AvgIpc) is 3.41. The van der Waals surface area contributed by atoms with Crippen molar-refractivity contribution in [2.24, 2.45) is 0 Å². The molecule has 1 aliphatic carbocycles. The minimum absolute atomic E-state index is 0.0345. The molecule has 0 aliphatic heterocycles. The van der Waals surface area contributed by atoms with Crippen LogP contribution in [0.5, 0.6) is 0 Å². The number of aryl methyl sites for hydroxylation is 2. The lowest BCUT2D eigenvalue weighted by Gasteiger charge is -2.28. The molecule has 2 aromatic carbocycles. The Labute approximate surface area is 180 Å². The minimum atomic E-state index is -0.590. The summed E-state index contributed by atoms with van der Waals surface area (Å²) in [6.45, 7) is 3.98. The zero-order valence-corrected chi connectivity index (χ0v) is 17.7. The quantitative estimate of drug-likeness (QED) is 0.367. The van der Waals surface area contributed by atoms with E-state index in [4.69, 9.17) is 5.21 Å². The molecule has 1 saturated carbocycles. The highest BCUT2D eigenvalue weighted by Crippen LogP contribution is 2.42. The van der Waals surface area contributed by atoms with Crippen molar-refractivity contribution in [1.29, 1.82) is 0 Å². The predicted molar refractivity (Wildman–Crippen MR) is 118 cm³/mol. The standard InChI is InChI=1S/C24H26N4O3/c1-15-21(16(2)27-26-15)17-5-9-19(10-6-17)24(13-3-4-14-24)23(30)25-20-11-7-18(8-12-20)22(29)28-31/h5-12,31H,3-4,13-14H2,1-2H3,(H,25,30)(H,26,27)(H,28,29). The van der Waals surface area contributed by atoms with Crippen molar-refractivity contribution < 1.29 is 14.8 Å². The third-order valence-corrected chi connectivity index (χ3v) is 6.25. The van der Waals surface area contributed by atoms with E-state index in [-0.39, 0.29) is 5.91 Å². The van der Waals surface area contributed by atoms with Gasteiger partial charge < -0.3 is 5.32 Å². The molecule has 7 nitrogen and oxygen atoms in total. The Kier molecular flexibility index (Phi) is 5.61. The second-order valence-corrected chi connectivity index (χ2v) is 8.15. The summed E-state index contributed by atoms with van der Waals surface area (Å²) in [5.41, 5.74) is 7.15. The molecular weight excluding hydrogens is 392 g/mol. The highest BCUT2D eigenvalue weighted by atomic mass is 16.5. The summed E-state index contributed by atoms with van der Waals surface area (Å²) in [6, 6.07) is 14.7. The number of aromatic amines is 1. The summed E-state index contributed by atoms with van der Waals surface area (Å²) in [7, 11) is 0. The van der Waals surface area contributed by atoms with Gasteiger partial charge in [0, 0.05) is 22.5 Å². The molecule has 0 spiro atoms. The zero-order chi connectivity index (χ0) is 22.0. The van der Waals surface area contributed by atoms with Crippen LogP contribution < -0.4 is 10.8 Å². The topological polar surface area (TPSA) is 107 Å². The Morgan fingerprint density at radius 2 is 1.65 bits per heavy atom. The van der Waals surface area contributed by atoms with Gasteiger partial charge in [0.1, 0.15) is 0 Å². The highest BCUT2D eigenvalue weighted by Gasteiger charge is 2.42. The summed E-state index contributed by atoms with van der Waals surface area (Å²) in [4.78, 5) is 24.9. The monoisotopic (exact) mass is 418 g/mol. The Balaban J connectivity index is 1.58. The van der Waals surface area contributed by atoms with Crippen molar-refractivity contribution >= 4 is 17.5 Å². The van der Waals surface area contributed by atoms with E-state index >= 15 is 0 Å². The number of carbonyl (C=O) groups is 2. The molecule has 1 aliphatic rings. The SMILES string of the molecule is Cc1n[nH]c(C)c1-c1ccc(C2(C(=O)Nc3ccc(C(=O)NO)cc3)CCCC2)cc1. The van der Waals surface area contributed by atoms with Crippen molar-refractivity contribution in [2.45, 2.75) is 44.9 Å². The summed E-state index contributed by atoms with van der Waals surface area (Å²) in [5, 5.41) is 19.1. The number of rotatable bonds is 5. The maximum atomic E-state index is 13.4. The second kappa shape index (κ2) is 8.35. The molecule has 0 atom stereocenters. The van der Waals surface area contributed by atoms with Crippen LogP contribution in [-0.2, 0) is 10.2 Å². The van der Waals surface area contributed by atoms with Gasteiger partial charge in [0.05, 0.1) is 11.1 Å². The Morgan fingerprint density at radius 1 is 1.00 bits per heavy atom. The Hall–Kier alpha value is -3.45. The molecule has 3 aromatic rings. The lowest BCUT2D eigenvalue weighted by molar-refractivity contribution is -0.121. The van der Waals surface area contributed by atoms with Gasteiger partial charge in [-0.15, -0.1) is 0 Å². The Bertz CT molecular complexity index is 1080. The van der Waals surface area contributed by atoms with Gasteiger partial charge in [-0.2, -0.15) is 5.10 Å². The first kappa shape index (κ1) is 20.8. The molecule has 0 saturated heterocycles. The summed E-state index contributed by atoms with van der Waals surface area (Å²) < 4.78 is 0. The summed E-state index contributed by atoms with van der Waals surface area (Å²) >= 11 is 0. The first-order valence-corrected chi connectivity index (χ1v) is 10.4. The highest BCUT2D eigenvalue weighted by molar-refractivity contribution is 6.00. The van der Waals surface area contributed by atoms with Crippen LogP contribution in [0.4, 0.5) is 5.69 Å². The van der Waals surface area contributed by atoms with Crippen molar-refractivity contribution in [1.82, 2.24) is 15.7 Å². The van der Waals surface area contributed by atoms with E-state index in [2.05, 4.69) is 39.8 Å². The number of hydrogen-bond acceptors (Lipinski definition) is 4. The smallest absolute Gasteiger partial charge is 0.274 e. The third kappa shape index (κ3) is 3.84. The van der Waals surface area contributed by atoms with E-state index in [0.717, 1.165) is 53.8 Å². The molecule has 2 amide bonds. The third-order valence-electron chi connectivity index (χ3n) is 6.25. The zero-order valence-electron chi connectivity index (χ0n) is 17.7. The summed E-state index contributed by atoms with van der Waals surface area (Å²) in [6.07, 6.45) is 3.61. The van der Waals surface area contributed by atoms with Crippen LogP contribution in [0.15, 0.2) is 48.5 Å². The van der Waals surface area contributed by atoms with Crippen molar-refractivity contribution in [3.05, 3.63) is 71.0 Å². The van der Waals surface area contributed by atoms with E-state index in [9.17, 15) is 9.59 Å². The first-order valence-electron chi connectivity index (χ1n) is 10.4. The number of anilines is 1. The Morgan fingerprint density at radius 3 is 2.19 bits per heavy atom. The van der Waals surface area contributed by atoms with Gasteiger partial charge in [-0.05, 0) is 62.1 Å². The van der Waals surface area contributed by atoms with Crippen LogP contribution >= 0.6 is 0 Å². The van der Waals surface area contributed by atoms with Crippen LogP contribution in [0.2, 0.25) is 0 Å².